The van der Waals surface area contributed by atoms with E-state index in [9.17, 15) is 18.5 Å². The molecule has 2 aromatic rings. The zero-order valence-corrected chi connectivity index (χ0v) is 14.8. The molecule has 2 aromatic carbocycles. The van der Waals surface area contributed by atoms with Gasteiger partial charge in [0.25, 0.3) is 5.69 Å². The molecule has 0 aliphatic carbocycles. The van der Waals surface area contributed by atoms with Gasteiger partial charge in [0.1, 0.15) is 11.5 Å². The van der Waals surface area contributed by atoms with E-state index in [4.69, 9.17) is 9.47 Å². The lowest BCUT2D eigenvalue weighted by molar-refractivity contribution is -0.387. The predicted molar refractivity (Wildman–Crippen MR) is 91.3 cm³/mol. The molecule has 2 rings (SSSR count). The summed E-state index contributed by atoms with van der Waals surface area (Å²) in [6, 6.07) is 10.3. The van der Waals surface area contributed by atoms with Crippen LogP contribution >= 0.6 is 0 Å². The summed E-state index contributed by atoms with van der Waals surface area (Å²) >= 11 is 0. The van der Waals surface area contributed by atoms with E-state index in [1.165, 1.54) is 39.5 Å². The van der Waals surface area contributed by atoms with E-state index in [1.54, 1.807) is 18.2 Å². The Morgan fingerprint density at radius 3 is 2.40 bits per heavy atom. The zero-order valence-electron chi connectivity index (χ0n) is 14.0. The molecule has 8 nitrogen and oxygen atoms in total. The number of ether oxygens (including phenoxy) is 2. The summed E-state index contributed by atoms with van der Waals surface area (Å²) in [5, 5.41) is 11.1. The van der Waals surface area contributed by atoms with Crippen molar-refractivity contribution in [2.24, 2.45) is 0 Å². The standard InChI is InChI=1S/C16H18N2O6S/c1-17(11-12-8-9-13(23-2)10-15(12)24-3)25(21,22)16-7-5-4-6-14(16)18(19)20/h4-10H,11H2,1-3H3. The summed E-state index contributed by atoms with van der Waals surface area (Å²) in [5.41, 5.74) is 0.143. The highest BCUT2D eigenvalue weighted by molar-refractivity contribution is 7.89. The predicted octanol–water partition coefficient (Wildman–Crippen LogP) is 2.43. The van der Waals surface area contributed by atoms with Crippen LogP contribution in [0.3, 0.4) is 0 Å². The summed E-state index contributed by atoms with van der Waals surface area (Å²) in [6.07, 6.45) is 0. The van der Waals surface area contributed by atoms with Crippen LogP contribution in [0.15, 0.2) is 47.4 Å². The smallest absolute Gasteiger partial charge is 0.289 e. The number of benzene rings is 2. The molecule has 0 aliphatic heterocycles. The van der Waals surface area contributed by atoms with Crippen molar-refractivity contribution in [3.05, 3.63) is 58.1 Å². The van der Waals surface area contributed by atoms with Crippen LogP contribution in [0, 0.1) is 10.1 Å². The zero-order chi connectivity index (χ0) is 18.6. The Kier molecular flexibility index (Phi) is 5.60. The fourth-order valence-corrected chi connectivity index (χ4v) is 3.60. The van der Waals surface area contributed by atoms with Crippen molar-refractivity contribution >= 4 is 15.7 Å². The fraction of sp³-hybridized carbons (Fsp3) is 0.250. The molecule has 0 amide bonds. The van der Waals surface area contributed by atoms with Crippen LogP contribution in [0.25, 0.3) is 0 Å². The van der Waals surface area contributed by atoms with Gasteiger partial charge < -0.3 is 9.47 Å². The number of hydrogen-bond acceptors (Lipinski definition) is 6. The average Bonchev–Trinajstić information content (AvgIpc) is 2.61. The van der Waals surface area contributed by atoms with E-state index in [-0.39, 0.29) is 11.4 Å². The molecule has 0 saturated carbocycles. The van der Waals surface area contributed by atoms with E-state index in [0.29, 0.717) is 17.1 Å². The number of nitro benzene ring substituents is 1. The minimum Gasteiger partial charge on any atom is -0.497 e. The number of sulfonamides is 1. The minimum atomic E-state index is -4.05. The molecular weight excluding hydrogens is 348 g/mol. The van der Waals surface area contributed by atoms with Crippen molar-refractivity contribution in [3.8, 4) is 11.5 Å². The molecule has 25 heavy (non-hydrogen) atoms. The van der Waals surface area contributed by atoms with Crippen LogP contribution in [0.2, 0.25) is 0 Å². The van der Waals surface area contributed by atoms with Gasteiger partial charge in [-0.05, 0) is 12.1 Å². The van der Waals surface area contributed by atoms with Crippen molar-refractivity contribution in [1.29, 1.82) is 0 Å². The van der Waals surface area contributed by atoms with Crippen molar-refractivity contribution in [1.82, 2.24) is 4.31 Å². The van der Waals surface area contributed by atoms with Gasteiger partial charge >= 0.3 is 0 Å². The molecule has 0 heterocycles. The van der Waals surface area contributed by atoms with Crippen LogP contribution < -0.4 is 9.47 Å². The maximum Gasteiger partial charge on any atom is 0.289 e. The van der Waals surface area contributed by atoms with Crippen LogP contribution in [0.1, 0.15) is 5.56 Å². The van der Waals surface area contributed by atoms with Gasteiger partial charge in [-0.25, -0.2) is 8.42 Å². The fourth-order valence-electron chi connectivity index (χ4n) is 2.30. The second-order valence-electron chi connectivity index (χ2n) is 5.16. The van der Waals surface area contributed by atoms with Crippen molar-refractivity contribution < 1.29 is 22.8 Å². The maximum atomic E-state index is 12.7. The Labute approximate surface area is 145 Å². The Morgan fingerprint density at radius 1 is 1.12 bits per heavy atom. The highest BCUT2D eigenvalue weighted by Crippen LogP contribution is 2.29. The SMILES string of the molecule is COc1ccc(CN(C)S(=O)(=O)c2ccccc2[N+](=O)[O-])c(OC)c1. The molecule has 9 heteroatoms. The summed E-state index contributed by atoms with van der Waals surface area (Å²) in [5.74, 6) is 1.04. The van der Waals surface area contributed by atoms with E-state index in [1.807, 2.05) is 0 Å². The van der Waals surface area contributed by atoms with Crippen LogP contribution in [-0.4, -0.2) is 38.9 Å². The van der Waals surface area contributed by atoms with E-state index < -0.39 is 20.6 Å². The highest BCUT2D eigenvalue weighted by Gasteiger charge is 2.29. The third-order valence-corrected chi connectivity index (χ3v) is 5.49. The highest BCUT2D eigenvalue weighted by atomic mass is 32.2. The van der Waals surface area contributed by atoms with E-state index >= 15 is 0 Å². The number of nitro groups is 1. The molecular formula is C16H18N2O6S. The largest absolute Gasteiger partial charge is 0.497 e. The van der Waals surface area contributed by atoms with Gasteiger partial charge in [0, 0.05) is 31.3 Å². The van der Waals surface area contributed by atoms with E-state index in [2.05, 4.69) is 0 Å². The molecule has 0 unspecified atom stereocenters. The second kappa shape index (κ2) is 7.49. The molecule has 0 radical (unpaired) electrons. The third kappa shape index (κ3) is 3.89. The quantitative estimate of drug-likeness (QED) is 0.551. The first-order valence-corrected chi connectivity index (χ1v) is 8.66. The third-order valence-electron chi connectivity index (χ3n) is 3.64. The van der Waals surface area contributed by atoms with Crippen LogP contribution in [0.4, 0.5) is 5.69 Å². The first kappa shape index (κ1) is 18.7. The molecule has 0 spiro atoms. The Balaban J connectivity index is 2.38. The molecule has 134 valence electrons. The number of para-hydroxylation sites is 1. The molecule has 0 N–H and O–H groups in total. The number of nitrogens with zero attached hydrogens (tertiary/aromatic N) is 2. The lowest BCUT2D eigenvalue weighted by Gasteiger charge is -2.19. The van der Waals surface area contributed by atoms with Crippen LogP contribution in [-0.2, 0) is 16.6 Å². The lowest BCUT2D eigenvalue weighted by atomic mass is 10.2. The number of methoxy groups -OCH3 is 2. The van der Waals surface area contributed by atoms with Gasteiger partial charge in [-0.15, -0.1) is 0 Å². The average molecular weight is 366 g/mol. The van der Waals surface area contributed by atoms with Crippen molar-refractivity contribution in [3.63, 3.8) is 0 Å². The normalized spacial score (nSPS) is 11.4. The van der Waals surface area contributed by atoms with Crippen molar-refractivity contribution in [2.45, 2.75) is 11.4 Å². The van der Waals surface area contributed by atoms with Gasteiger partial charge in [-0.1, -0.05) is 18.2 Å². The summed E-state index contributed by atoms with van der Waals surface area (Å²) in [7, 11) is 0.289. The Morgan fingerprint density at radius 2 is 1.80 bits per heavy atom. The molecule has 0 atom stereocenters. The van der Waals surface area contributed by atoms with Gasteiger partial charge in [0.05, 0.1) is 19.1 Å². The van der Waals surface area contributed by atoms with Gasteiger partial charge in [-0.2, -0.15) is 4.31 Å². The Hall–Kier alpha value is -2.65. The van der Waals surface area contributed by atoms with Gasteiger partial charge in [0.15, 0.2) is 4.90 Å². The first-order valence-electron chi connectivity index (χ1n) is 7.22. The van der Waals surface area contributed by atoms with Crippen molar-refractivity contribution in [2.75, 3.05) is 21.3 Å². The number of hydrogen-bond donors (Lipinski definition) is 0. The minimum absolute atomic E-state index is 0.0124. The summed E-state index contributed by atoms with van der Waals surface area (Å²) in [6.45, 7) is -0.0124. The second-order valence-corrected chi connectivity index (χ2v) is 7.18. The summed E-state index contributed by atoms with van der Waals surface area (Å²) in [4.78, 5) is 10.0. The molecule has 0 bridgehead atoms. The Bertz CT molecular complexity index is 882. The monoisotopic (exact) mass is 366 g/mol. The topological polar surface area (TPSA) is 99.0 Å². The van der Waals surface area contributed by atoms with E-state index in [0.717, 1.165) is 10.4 Å². The summed E-state index contributed by atoms with van der Waals surface area (Å²) < 4.78 is 36.9. The van der Waals surface area contributed by atoms with Gasteiger partial charge in [0.2, 0.25) is 10.0 Å². The molecule has 0 fully saturated rings. The number of rotatable bonds is 7. The molecule has 0 aromatic heterocycles. The molecule has 0 aliphatic rings. The van der Waals surface area contributed by atoms with Crippen LogP contribution in [0.5, 0.6) is 11.5 Å². The maximum absolute atomic E-state index is 12.7. The first-order chi connectivity index (χ1) is 11.8. The molecule has 0 saturated heterocycles. The van der Waals surface area contributed by atoms with Gasteiger partial charge in [-0.3, -0.25) is 10.1 Å². The lowest BCUT2D eigenvalue weighted by Crippen LogP contribution is -2.27.